The summed E-state index contributed by atoms with van der Waals surface area (Å²) < 4.78 is 46.3. The van der Waals surface area contributed by atoms with Gasteiger partial charge in [-0.1, -0.05) is 6.92 Å². The molecule has 0 heterocycles. The zero-order valence-electron chi connectivity index (χ0n) is 15.9. The molecule has 0 amide bonds. The van der Waals surface area contributed by atoms with E-state index in [-0.39, 0.29) is 11.3 Å². The Bertz CT molecular complexity index is 623. The van der Waals surface area contributed by atoms with Crippen molar-refractivity contribution in [2.45, 2.75) is 39.0 Å². The second-order valence-electron chi connectivity index (χ2n) is 6.07. The second-order valence-corrected chi connectivity index (χ2v) is 7.17. The average molecular weight is 392 g/mol. The van der Waals surface area contributed by atoms with Crippen molar-refractivity contribution in [2.24, 2.45) is 4.99 Å². The number of halogens is 3. The van der Waals surface area contributed by atoms with Crippen LogP contribution in [0, 0.1) is 6.92 Å². The quantitative estimate of drug-likeness (QED) is 0.382. The first-order chi connectivity index (χ1) is 12.1. The van der Waals surface area contributed by atoms with Crippen molar-refractivity contribution >= 4 is 23.8 Å². The number of rotatable bonds is 9. The molecule has 1 aromatic rings. The van der Waals surface area contributed by atoms with Gasteiger partial charge in [0.1, 0.15) is 5.75 Å². The van der Waals surface area contributed by atoms with E-state index < -0.39 is 17.5 Å². The summed E-state index contributed by atoms with van der Waals surface area (Å²) in [6, 6.07) is 2.75. The molecule has 0 aliphatic carbocycles. The molecule has 0 radical (unpaired) electrons. The maximum absolute atomic E-state index is 13.7. The molecule has 8 heteroatoms. The SMILES string of the molecule is CCCSCC(O)(c1cc(C)c(/N=C/N(C)CC)cc1OC)C(F)(F)F. The topological polar surface area (TPSA) is 45.1 Å². The molecule has 148 valence electrons. The van der Waals surface area contributed by atoms with E-state index in [9.17, 15) is 18.3 Å². The van der Waals surface area contributed by atoms with Crippen LogP contribution in [-0.4, -0.2) is 54.7 Å². The molecule has 0 saturated carbocycles. The maximum Gasteiger partial charge on any atom is 0.422 e. The van der Waals surface area contributed by atoms with E-state index in [0.29, 0.717) is 17.0 Å². The Labute approximate surface area is 157 Å². The molecular weight excluding hydrogens is 365 g/mol. The molecule has 1 unspecified atom stereocenters. The van der Waals surface area contributed by atoms with Gasteiger partial charge in [-0.25, -0.2) is 4.99 Å². The van der Waals surface area contributed by atoms with Crippen molar-refractivity contribution in [1.29, 1.82) is 0 Å². The Kier molecular flexibility index (Phi) is 8.27. The van der Waals surface area contributed by atoms with Crippen LogP contribution in [0.5, 0.6) is 5.75 Å². The molecule has 0 fully saturated rings. The summed E-state index contributed by atoms with van der Waals surface area (Å²) in [5.74, 6) is 0.0195. The fourth-order valence-corrected chi connectivity index (χ4v) is 3.28. The largest absolute Gasteiger partial charge is 0.496 e. The van der Waals surface area contributed by atoms with Crippen LogP contribution in [0.2, 0.25) is 0 Å². The highest BCUT2D eigenvalue weighted by Crippen LogP contribution is 2.46. The molecular formula is C18H27F3N2O2S. The van der Waals surface area contributed by atoms with Crippen molar-refractivity contribution in [1.82, 2.24) is 4.90 Å². The van der Waals surface area contributed by atoms with Crippen LogP contribution in [0.4, 0.5) is 18.9 Å². The van der Waals surface area contributed by atoms with Gasteiger partial charge in [-0.15, -0.1) is 0 Å². The van der Waals surface area contributed by atoms with E-state index in [1.807, 2.05) is 25.8 Å². The van der Waals surface area contributed by atoms with Crippen LogP contribution in [-0.2, 0) is 5.60 Å². The zero-order valence-corrected chi connectivity index (χ0v) is 16.7. The third kappa shape index (κ3) is 5.30. The number of hydrogen-bond acceptors (Lipinski definition) is 4. The van der Waals surface area contributed by atoms with E-state index in [0.717, 1.165) is 24.7 Å². The highest BCUT2D eigenvalue weighted by atomic mass is 32.2. The number of methoxy groups -OCH3 is 1. The van der Waals surface area contributed by atoms with Crippen LogP contribution < -0.4 is 4.74 Å². The van der Waals surface area contributed by atoms with Gasteiger partial charge in [-0.05, 0) is 37.7 Å². The van der Waals surface area contributed by atoms with E-state index in [1.165, 1.54) is 19.2 Å². The van der Waals surface area contributed by atoms with Crippen LogP contribution >= 0.6 is 11.8 Å². The Hall–Kier alpha value is -1.41. The summed E-state index contributed by atoms with van der Waals surface area (Å²) in [4.78, 5) is 6.14. The molecule has 0 aliphatic heterocycles. The number of aliphatic imine (C=N–C) groups is 1. The van der Waals surface area contributed by atoms with Crippen LogP contribution in [0.25, 0.3) is 0 Å². The smallest absolute Gasteiger partial charge is 0.422 e. The number of benzene rings is 1. The van der Waals surface area contributed by atoms with Crippen molar-refractivity contribution in [3.8, 4) is 5.75 Å². The highest BCUT2D eigenvalue weighted by molar-refractivity contribution is 7.99. The molecule has 1 rings (SSSR count). The number of alkyl halides is 3. The lowest BCUT2D eigenvalue weighted by molar-refractivity contribution is -0.256. The Morgan fingerprint density at radius 2 is 1.96 bits per heavy atom. The summed E-state index contributed by atoms with van der Waals surface area (Å²) in [7, 11) is 3.13. The minimum atomic E-state index is -4.82. The first-order valence-corrected chi connectivity index (χ1v) is 9.56. The van der Waals surface area contributed by atoms with Crippen molar-refractivity contribution in [3.05, 3.63) is 23.3 Å². The van der Waals surface area contributed by atoms with E-state index in [1.54, 1.807) is 13.3 Å². The number of aryl methyl sites for hydroxylation is 1. The van der Waals surface area contributed by atoms with Gasteiger partial charge >= 0.3 is 6.18 Å². The normalized spacial score (nSPS) is 14.5. The van der Waals surface area contributed by atoms with Gasteiger partial charge in [0.2, 0.25) is 0 Å². The van der Waals surface area contributed by atoms with Crippen LogP contribution in [0.15, 0.2) is 17.1 Å². The van der Waals surface area contributed by atoms with Gasteiger partial charge < -0.3 is 14.7 Å². The van der Waals surface area contributed by atoms with E-state index in [2.05, 4.69) is 4.99 Å². The number of hydrogen-bond donors (Lipinski definition) is 1. The Morgan fingerprint density at radius 1 is 1.31 bits per heavy atom. The zero-order chi connectivity index (χ0) is 20.0. The summed E-state index contributed by atoms with van der Waals surface area (Å²) in [5.41, 5.74) is -2.23. The molecule has 0 aliphatic rings. The fourth-order valence-electron chi connectivity index (χ4n) is 2.23. The molecule has 4 nitrogen and oxygen atoms in total. The molecule has 26 heavy (non-hydrogen) atoms. The van der Waals surface area contributed by atoms with Gasteiger partial charge in [0.05, 0.1) is 19.1 Å². The average Bonchev–Trinajstić information content (AvgIpc) is 2.59. The number of ether oxygens (including phenoxy) is 1. The molecule has 0 spiro atoms. The lowest BCUT2D eigenvalue weighted by Gasteiger charge is -2.32. The molecule has 1 aromatic carbocycles. The molecule has 0 saturated heterocycles. The summed E-state index contributed by atoms with van der Waals surface area (Å²) in [6.07, 6.45) is -2.48. The number of aliphatic hydroxyl groups is 1. The van der Waals surface area contributed by atoms with Gasteiger partial charge in [0.25, 0.3) is 0 Å². The number of nitrogens with zero attached hydrogens (tertiary/aromatic N) is 2. The lowest BCUT2D eigenvalue weighted by atomic mass is 9.92. The van der Waals surface area contributed by atoms with Crippen molar-refractivity contribution in [3.63, 3.8) is 0 Å². The first-order valence-electron chi connectivity index (χ1n) is 8.41. The Morgan fingerprint density at radius 3 is 2.46 bits per heavy atom. The third-order valence-electron chi connectivity index (χ3n) is 3.98. The lowest BCUT2D eigenvalue weighted by Crippen LogP contribution is -2.45. The molecule has 1 N–H and O–H groups in total. The van der Waals surface area contributed by atoms with Crippen LogP contribution in [0.1, 0.15) is 31.4 Å². The summed E-state index contributed by atoms with van der Waals surface area (Å²) in [5, 5.41) is 10.6. The molecule has 0 bridgehead atoms. The summed E-state index contributed by atoms with van der Waals surface area (Å²) >= 11 is 1.07. The predicted octanol–water partition coefficient (Wildman–Crippen LogP) is 4.51. The third-order valence-corrected chi connectivity index (χ3v) is 5.30. The van der Waals surface area contributed by atoms with Gasteiger partial charge in [0, 0.05) is 31.0 Å². The highest BCUT2D eigenvalue weighted by Gasteiger charge is 2.56. The van der Waals surface area contributed by atoms with Crippen LogP contribution in [0.3, 0.4) is 0 Å². The van der Waals surface area contributed by atoms with E-state index in [4.69, 9.17) is 4.74 Å². The maximum atomic E-state index is 13.7. The molecule has 0 aromatic heterocycles. The predicted molar refractivity (Wildman–Crippen MR) is 102 cm³/mol. The van der Waals surface area contributed by atoms with Gasteiger partial charge in [0.15, 0.2) is 5.60 Å². The van der Waals surface area contributed by atoms with Gasteiger partial charge in [-0.3, -0.25) is 0 Å². The second kappa shape index (κ2) is 9.50. The monoisotopic (exact) mass is 392 g/mol. The van der Waals surface area contributed by atoms with Crippen molar-refractivity contribution < 1.29 is 23.0 Å². The number of thioether (sulfide) groups is 1. The van der Waals surface area contributed by atoms with E-state index >= 15 is 0 Å². The minimum Gasteiger partial charge on any atom is -0.496 e. The fraction of sp³-hybridized carbons (Fsp3) is 0.611. The summed E-state index contributed by atoms with van der Waals surface area (Å²) in [6.45, 7) is 6.25. The molecule has 1 atom stereocenters. The first kappa shape index (κ1) is 22.6. The standard InChI is InChI=1S/C18H27F3N2O2S/c1-6-8-26-11-17(24,18(19,20)21)14-9-13(3)15(10-16(14)25-5)22-12-23(4)7-2/h9-10,12,24H,6-8,11H2,1-5H3/b22-12+. The van der Waals surface area contributed by atoms with Crippen molar-refractivity contribution in [2.75, 3.05) is 32.2 Å². The minimum absolute atomic E-state index is 0.0289. The Balaban J connectivity index is 3.39. The van der Waals surface area contributed by atoms with Gasteiger partial charge in [-0.2, -0.15) is 24.9 Å².